The minimum Gasteiger partial charge on any atom is -0.482 e. The molecular formula is C19H18F3NO5. The van der Waals surface area contributed by atoms with Crippen LogP contribution in [0.15, 0.2) is 48.5 Å². The van der Waals surface area contributed by atoms with Crippen LogP contribution >= 0.6 is 0 Å². The van der Waals surface area contributed by atoms with Gasteiger partial charge in [-0.25, -0.2) is 4.79 Å². The van der Waals surface area contributed by atoms with Crippen molar-refractivity contribution in [3.8, 4) is 11.5 Å². The molecule has 0 saturated carbocycles. The standard InChI is InChI=1S/C19H18F3NO5/c1-12(28-16-8-3-2-7-15(16)19(20,21)22)18(26)23-10-13-5-4-6-14(9-13)27-11-17(24)25/h2-9,12H,10-11H2,1H3,(H,23,26)(H,24,25). The van der Waals surface area contributed by atoms with Gasteiger partial charge in [-0.15, -0.1) is 0 Å². The lowest BCUT2D eigenvalue weighted by molar-refractivity contribution is -0.141. The fourth-order valence-corrected chi connectivity index (χ4v) is 2.27. The number of para-hydroxylation sites is 1. The quantitative estimate of drug-likeness (QED) is 0.714. The first kappa shape index (κ1) is 21.1. The summed E-state index contributed by atoms with van der Waals surface area (Å²) < 4.78 is 49.2. The first-order valence-corrected chi connectivity index (χ1v) is 8.21. The van der Waals surface area contributed by atoms with Crippen LogP contribution < -0.4 is 14.8 Å². The van der Waals surface area contributed by atoms with Gasteiger partial charge in [-0.2, -0.15) is 13.2 Å². The Balaban J connectivity index is 1.95. The third-order valence-electron chi connectivity index (χ3n) is 3.59. The van der Waals surface area contributed by atoms with Gasteiger partial charge in [-0.1, -0.05) is 24.3 Å². The summed E-state index contributed by atoms with van der Waals surface area (Å²) in [6.45, 7) is 0.909. The van der Waals surface area contributed by atoms with Crippen LogP contribution in [0.4, 0.5) is 13.2 Å². The molecule has 2 N–H and O–H groups in total. The van der Waals surface area contributed by atoms with E-state index in [2.05, 4.69) is 5.32 Å². The second-order valence-electron chi connectivity index (χ2n) is 5.80. The molecule has 1 amide bonds. The summed E-state index contributed by atoms with van der Waals surface area (Å²) in [5.74, 6) is -1.84. The number of ether oxygens (including phenoxy) is 2. The fraction of sp³-hybridized carbons (Fsp3) is 0.263. The van der Waals surface area contributed by atoms with Gasteiger partial charge in [0, 0.05) is 6.54 Å². The van der Waals surface area contributed by atoms with Gasteiger partial charge in [0.1, 0.15) is 11.5 Å². The first-order valence-electron chi connectivity index (χ1n) is 8.21. The normalized spacial score (nSPS) is 12.1. The number of halogens is 3. The Hall–Kier alpha value is -3.23. The van der Waals surface area contributed by atoms with E-state index in [4.69, 9.17) is 14.6 Å². The van der Waals surface area contributed by atoms with Crippen LogP contribution in [0.5, 0.6) is 11.5 Å². The van der Waals surface area contributed by atoms with E-state index in [0.29, 0.717) is 11.3 Å². The van der Waals surface area contributed by atoms with E-state index < -0.39 is 42.1 Å². The smallest absolute Gasteiger partial charge is 0.419 e. The Morgan fingerprint density at radius 2 is 1.86 bits per heavy atom. The number of hydrogen-bond acceptors (Lipinski definition) is 4. The molecule has 0 aliphatic rings. The van der Waals surface area contributed by atoms with Crippen molar-refractivity contribution >= 4 is 11.9 Å². The second kappa shape index (κ2) is 9.12. The summed E-state index contributed by atoms with van der Waals surface area (Å²) in [7, 11) is 0. The van der Waals surface area contributed by atoms with E-state index in [1.807, 2.05) is 0 Å². The zero-order chi connectivity index (χ0) is 20.7. The van der Waals surface area contributed by atoms with Crippen molar-refractivity contribution in [3.05, 3.63) is 59.7 Å². The number of alkyl halides is 3. The average Bonchev–Trinajstić information content (AvgIpc) is 2.64. The molecule has 2 rings (SSSR count). The molecule has 0 aliphatic heterocycles. The lowest BCUT2D eigenvalue weighted by atomic mass is 10.2. The van der Waals surface area contributed by atoms with Gasteiger partial charge in [0.15, 0.2) is 12.7 Å². The molecule has 0 aromatic heterocycles. The highest BCUT2D eigenvalue weighted by Crippen LogP contribution is 2.36. The van der Waals surface area contributed by atoms with Gasteiger partial charge < -0.3 is 19.9 Å². The minimum absolute atomic E-state index is 0.0672. The monoisotopic (exact) mass is 397 g/mol. The van der Waals surface area contributed by atoms with Crippen LogP contribution in [-0.4, -0.2) is 29.7 Å². The van der Waals surface area contributed by atoms with Crippen LogP contribution in [0.2, 0.25) is 0 Å². The van der Waals surface area contributed by atoms with Crippen molar-refractivity contribution in [2.45, 2.75) is 25.7 Å². The molecule has 6 nitrogen and oxygen atoms in total. The van der Waals surface area contributed by atoms with Crippen LogP contribution in [0.3, 0.4) is 0 Å². The summed E-state index contributed by atoms with van der Waals surface area (Å²) in [6.07, 6.45) is -5.75. The zero-order valence-electron chi connectivity index (χ0n) is 14.8. The number of carboxylic acid groups (broad SMARTS) is 1. The molecule has 0 radical (unpaired) electrons. The maximum absolute atomic E-state index is 13.0. The molecule has 0 fully saturated rings. The molecule has 0 bridgehead atoms. The second-order valence-corrected chi connectivity index (χ2v) is 5.80. The number of hydrogen-bond donors (Lipinski definition) is 2. The van der Waals surface area contributed by atoms with E-state index in [9.17, 15) is 22.8 Å². The molecule has 1 unspecified atom stereocenters. The Bertz CT molecular complexity index is 838. The highest BCUT2D eigenvalue weighted by atomic mass is 19.4. The maximum atomic E-state index is 13.0. The van der Waals surface area contributed by atoms with Crippen molar-refractivity contribution in [1.82, 2.24) is 5.32 Å². The summed E-state index contributed by atoms with van der Waals surface area (Å²) in [5.41, 5.74) is -0.336. The third kappa shape index (κ3) is 6.19. The molecule has 0 heterocycles. The molecule has 2 aromatic rings. The number of amides is 1. The largest absolute Gasteiger partial charge is 0.482 e. The fourth-order valence-electron chi connectivity index (χ4n) is 2.27. The van der Waals surface area contributed by atoms with Gasteiger partial charge in [0.2, 0.25) is 0 Å². The zero-order valence-corrected chi connectivity index (χ0v) is 14.8. The Morgan fingerprint density at radius 1 is 1.14 bits per heavy atom. The van der Waals surface area contributed by atoms with Gasteiger partial charge in [-0.05, 0) is 36.8 Å². The van der Waals surface area contributed by atoms with Crippen molar-refractivity contribution in [2.75, 3.05) is 6.61 Å². The molecule has 28 heavy (non-hydrogen) atoms. The van der Waals surface area contributed by atoms with Crippen LogP contribution in [0.25, 0.3) is 0 Å². The highest BCUT2D eigenvalue weighted by molar-refractivity contribution is 5.80. The molecule has 2 aromatic carbocycles. The number of nitrogens with one attached hydrogen (secondary N) is 1. The predicted octanol–water partition coefficient (Wildman–Crippen LogP) is 3.25. The van der Waals surface area contributed by atoms with E-state index in [1.165, 1.54) is 19.1 Å². The van der Waals surface area contributed by atoms with E-state index in [1.54, 1.807) is 24.3 Å². The van der Waals surface area contributed by atoms with Gasteiger partial charge in [0.05, 0.1) is 5.56 Å². The molecule has 0 spiro atoms. The first-order chi connectivity index (χ1) is 13.2. The van der Waals surface area contributed by atoms with Crippen LogP contribution in [0, 0.1) is 0 Å². The van der Waals surface area contributed by atoms with Crippen LogP contribution in [-0.2, 0) is 22.3 Å². The summed E-state index contributed by atoms with van der Waals surface area (Å²) in [5, 5.41) is 11.2. The Morgan fingerprint density at radius 3 is 2.54 bits per heavy atom. The molecular weight excluding hydrogens is 379 g/mol. The lowest BCUT2D eigenvalue weighted by Crippen LogP contribution is -2.36. The lowest BCUT2D eigenvalue weighted by Gasteiger charge is -2.18. The van der Waals surface area contributed by atoms with Crippen LogP contribution in [0.1, 0.15) is 18.1 Å². The number of carboxylic acids is 1. The molecule has 9 heteroatoms. The Labute approximate surface area is 158 Å². The predicted molar refractivity (Wildman–Crippen MR) is 93.0 cm³/mol. The van der Waals surface area contributed by atoms with Gasteiger partial charge >= 0.3 is 12.1 Å². The molecule has 0 saturated heterocycles. The van der Waals surface area contributed by atoms with E-state index >= 15 is 0 Å². The number of rotatable bonds is 8. The minimum atomic E-state index is -4.59. The van der Waals surface area contributed by atoms with E-state index in [0.717, 1.165) is 12.1 Å². The molecule has 150 valence electrons. The van der Waals surface area contributed by atoms with Crippen molar-refractivity contribution in [2.24, 2.45) is 0 Å². The average molecular weight is 397 g/mol. The van der Waals surface area contributed by atoms with Crippen molar-refractivity contribution in [3.63, 3.8) is 0 Å². The van der Waals surface area contributed by atoms with Crippen molar-refractivity contribution < 1.29 is 37.3 Å². The third-order valence-corrected chi connectivity index (χ3v) is 3.59. The molecule has 1 atom stereocenters. The van der Waals surface area contributed by atoms with E-state index in [-0.39, 0.29) is 6.54 Å². The summed E-state index contributed by atoms with van der Waals surface area (Å²) in [4.78, 5) is 22.7. The summed E-state index contributed by atoms with van der Waals surface area (Å²) in [6, 6.07) is 11.1. The summed E-state index contributed by atoms with van der Waals surface area (Å²) >= 11 is 0. The topological polar surface area (TPSA) is 84.9 Å². The number of aliphatic carboxylic acids is 1. The highest BCUT2D eigenvalue weighted by Gasteiger charge is 2.34. The van der Waals surface area contributed by atoms with Gasteiger partial charge in [-0.3, -0.25) is 4.79 Å². The SMILES string of the molecule is CC(Oc1ccccc1C(F)(F)F)C(=O)NCc1cccc(OCC(=O)O)c1. The molecule has 0 aliphatic carbocycles. The maximum Gasteiger partial charge on any atom is 0.419 e. The number of carbonyl (C=O) groups is 2. The Kier molecular flexibility index (Phi) is 6.86. The number of benzene rings is 2. The van der Waals surface area contributed by atoms with Gasteiger partial charge in [0.25, 0.3) is 5.91 Å². The number of carbonyl (C=O) groups excluding carboxylic acids is 1. The van der Waals surface area contributed by atoms with Crippen molar-refractivity contribution in [1.29, 1.82) is 0 Å².